The van der Waals surface area contributed by atoms with Crippen LogP contribution in [0.2, 0.25) is 5.02 Å². The molecule has 0 fully saturated rings. The van der Waals surface area contributed by atoms with Crippen LogP contribution in [0.5, 0.6) is 0 Å². The van der Waals surface area contributed by atoms with Crippen LogP contribution in [0.15, 0.2) is 71.6 Å². The van der Waals surface area contributed by atoms with Crippen LogP contribution in [0.25, 0.3) is 21.7 Å². The normalized spacial score (nSPS) is 11.9. The second-order valence-electron chi connectivity index (χ2n) is 6.34. The zero-order valence-corrected chi connectivity index (χ0v) is 15.7. The van der Waals surface area contributed by atoms with Gasteiger partial charge in [0.15, 0.2) is 9.84 Å². The Morgan fingerprint density at radius 1 is 0.885 bits per heavy atom. The Hall–Kier alpha value is -2.43. The van der Waals surface area contributed by atoms with Crippen LogP contribution in [0, 0.1) is 6.92 Å². The van der Waals surface area contributed by atoms with Gasteiger partial charge in [-0.25, -0.2) is 8.42 Å². The third-order valence-electron chi connectivity index (χ3n) is 4.45. The van der Waals surface area contributed by atoms with E-state index in [0.717, 1.165) is 27.2 Å². The maximum absolute atomic E-state index is 12.9. The van der Waals surface area contributed by atoms with Crippen molar-refractivity contribution in [3.8, 4) is 0 Å². The van der Waals surface area contributed by atoms with Gasteiger partial charge >= 0.3 is 0 Å². The standard InChI is InChI=1S/C21H16ClNO2S/c1-14-6-9-16(10-7-14)26(24,25)13-21-19-12-15(22)8-11-17(19)18-4-2-3-5-20(18)23-21/h2-12H,13H2,1H3. The predicted octanol–water partition coefficient (Wildman–Crippen LogP) is 5.32. The quantitative estimate of drug-likeness (QED) is 0.451. The highest BCUT2D eigenvalue weighted by Gasteiger charge is 2.19. The molecule has 0 saturated carbocycles. The first-order chi connectivity index (χ1) is 12.4. The Morgan fingerprint density at radius 3 is 2.38 bits per heavy atom. The van der Waals surface area contributed by atoms with Gasteiger partial charge in [-0.2, -0.15) is 0 Å². The van der Waals surface area contributed by atoms with Gasteiger partial charge in [0, 0.05) is 15.8 Å². The highest BCUT2D eigenvalue weighted by atomic mass is 35.5. The molecule has 0 unspecified atom stereocenters. The van der Waals surface area contributed by atoms with Gasteiger partial charge in [0.2, 0.25) is 0 Å². The summed E-state index contributed by atoms with van der Waals surface area (Å²) >= 11 is 6.17. The monoisotopic (exact) mass is 381 g/mol. The molecular formula is C21H16ClNO2S. The molecule has 1 aromatic heterocycles. The second-order valence-corrected chi connectivity index (χ2v) is 8.76. The van der Waals surface area contributed by atoms with Gasteiger partial charge in [0.1, 0.15) is 0 Å². The number of aryl methyl sites for hydroxylation is 1. The molecule has 0 spiro atoms. The van der Waals surface area contributed by atoms with Crippen molar-refractivity contribution in [3.05, 3.63) is 83.0 Å². The molecule has 0 aliphatic heterocycles. The third kappa shape index (κ3) is 3.06. The maximum atomic E-state index is 12.9. The first-order valence-corrected chi connectivity index (χ1v) is 10.2. The van der Waals surface area contributed by atoms with Gasteiger partial charge in [-0.1, -0.05) is 53.6 Å². The summed E-state index contributed by atoms with van der Waals surface area (Å²) in [4.78, 5) is 4.93. The number of aromatic nitrogens is 1. The van der Waals surface area contributed by atoms with Crippen LogP contribution < -0.4 is 0 Å². The lowest BCUT2D eigenvalue weighted by molar-refractivity contribution is 0.595. The van der Waals surface area contributed by atoms with Gasteiger partial charge in [0.25, 0.3) is 0 Å². The summed E-state index contributed by atoms with van der Waals surface area (Å²) in [5.41, 5.74) is 2.31. The number of halogens is 1. The minimum absolute atomic E-state index is 0.169. The smallest absolute Gasteiger partial charge is 0.184 e. The van der Waals surface area contributed by atoms with E-state index in [1.807, 2.05) is 43.3 Å². The number of benzene rings is 3. The largest absolute Gasteiger partial charge is 0.251 e. The van der Waals surface area contributed by atoms with E-state index >= 15 is 0 Å². The molecule has 3 nitrogen and oxygen atoms in total. The number of sulfone groups is 1. The molecule has 4 aromatic rings. The van der Waals surface area contributed by atoms with Crippen molar-refractivity contribution in [2.45, 2.75) is 17.6 Å². The summed E-state index contributed by atoms with van der Waals surface area (Å²) in [5, 5.41) is 3.26. The summed E-state index contributed by atoms with van der Waals surface area (Å²) in [6, 6.07) is 20.1. The molecule has 4 rings (SSSR count). The number of hydrogen-bond donors (Lipinski definition) is 0. The number of para-hydroxylation sites is 1. The molecule has 3 aromatic carbocycles. The van der Waals surface area contributed by atoms with Crippen LogP contribution in [0.4, 0.5) is 0 Å². The molecular weight excluding hydrogens is 366 g/mol. The first kappa shape index (κ1) is 17.0. The van der Waals surface area contributed by atoms with Crippen LogP contribution in [0.3, 0.4) is 0 Å². The van der Waals surface area contributed by atoms with E-state index in [1.165, 1.54) is 0 Å². The van der Waals surface area contributed by atoms with Gasteiger partial charge in [-0.3, -0.25) is 4.98 Å². The van der Waals surface area contributed by atoms with E-state index in [1.54, 1.807) is 30.3 Å². The van der Waals surface area contributed by atoms with Crippen molar-refractivity contribution in [2.24, 2.45) is 0 Å². The van der Waals surface area contributed by atoms with E-state index in [2.05, 4.69) is 4.98 Å². The van der Waals surface area contributed by atoms with Gasteiger partial charge in [-0.15, -0.1) is 0 Å². The van der Waals surface area contributed by atoms with E-state index in [9.17, 15) is 8.42 Å². The Labute approximate surface area is 157 Å². The third-order valence-corrected chi connectivity index (χ3v) is 6.33. The average molecular weight is 382 g/mol. The summed E-state index contributed by atoms with van der Waals surface area (Å²) in [6.07, 6.45) is 0. The van der Waals surface area contributed by atoms with E-state index in [4.69, 9.17) is 11.6 Å². The number of nitrogens with zero attached hydrogens (tertiary/aromatic N) is 1. The van der Waals surface area contributed by atoms with Crippen molar-refractivity contribution in [2.75, 3.05) is 0 Å². The first-order valence-electron chi connectivity index (χ1n) is 8.20. The highest BCUT2D eigenvalue weighted by molar-refractivity contribution is 7.90. The van der Waals surface area contributed by atoms with Crippen LogP contribution in [0.1, 0.15) is 11.3 Å². The van der Waals surface area contributed by atoms with Crippen LogP contribution >= 0.6 is 11.6 Å². The Morgan fingerprint density at radius 2 is 1.62 bits per heavy atom. The lowest BCUT2D eigenvalue weighted by atomic mass is 10.0. The Kier molecular flexibility index (Phi) is 4.17. The molecule has 26 heavy (non-hydrogen) atoms. The predicted molar refractivity (Wildman–Crippen MR) is 106 cm³/mol. The molecule has 130 valence electrons. The molecule has 0 atom stereocenters. The maximum Gasteiger partial charge on any atom is 0.184 e. The summed E-state index contributed by atoms with van der Waals surface area (Å²) in [6.45, 7) is 1.93. The molecule has 1 heterocycles. The Bertz CT molecular complexity index is 1230. The fourth-order valence-electron chi connectivity index (χ4n) is 3.11. The zero-order valence-electron chi connectivity index (χ0n) is 14.1. The van der Waals surface area contributed by atoms with Crippen molar-refractivity contribution < 1.29 is 8.42 Å². The van der Waals surface area contributed by atoms with Crippen molar-refractivity contribution in [1.82, 2.24) is 4.98 Å². The second kappa shape index (κ2) is 6.38. The molecule has 0 saturated heterocycles. The van der Waals surface area contributed by atoms with Crippen molar-refractivity contribution in [3.63, 3.8) is 0 Å². The average Bonchev–Trinajstić information content (AvgIpc) is 2.62. The summed E-state index contributed by atoms with van der Waals surface area (Å²) in [7, 11) is -3.51. The van der Waals surface area contributed by atoms with E-state index in [0.29, 0.717) is 15.6 Å². The SMILES string of the molecule is Cc1ccc(S(=O)(=O)Cc2nc3ccccc3c3ccc(Cl)cc23)cc1. The highest BCUT2D eigenvalue weighted by Crippen LogP contribution is 2.30. The van der Waals surface area contributed by atoms with Gasteiger partial charge in [-0.05, 0) is 42.6 Å². The zero-order chi connectivity index (χ0) is 18.3. The van der Waals surface area contributed by atoms with Crippen LogP contribution in [-0.4, -0.2) is 13.4 Å². The fraction of sp³-hybridized carbons (Fsp3) is 0.0952. The number of hydrogen-bond acceptors (Lipinski definition) is 3. The molecule has 0 radical (unpaired) electrons. The van der Waals surface area contributed by atoms with Crippen LogP contribution in [-0.2, 0) is 15.6 Å². The molecule has 0 bridgehead atoms. The van der Waals surface area contributed by atoms with Crippen molar-refractivity contribution in [1.29, 1.82) is 0 Å². The number of fused-ring (bicyclic) bond motifs is 3. The summed E-state index contributed by atoms with van der Waals surface area (Å²) in [5.74, 6) is -0.169. The topological polar surface area (TPSA) is 47.0 Å². The number of rotatable bonds is 3. The number of pyridine rings is 1. The van der Waals surface area contributed by atoms with E-state index < -0.39 is 9.84 Å². The van der Waals surface area contributed by atoms with Gasteiger partial charge in [0.05, 0.1) is 21.9 Å². The lowest BCUT2D eigenvalue weighted by Crippen LogP contribution is -2.07. The Balaban J connectivity index is 1.92. The van der Waals surface area contributed by atoms with E-state index in [-0.39, 0.29) is 5.75 Å². The molecule has 0 aliphatic rings. The molecule has 0 aliphatic carbocycles. The minimum Gasteiger partial charge on any atom is -0.251 e. The molecule has 5 heteroatoms. The molecule has 0 N–H and O–H groups in total. The lowest BCUT2D eigenvalue weighted by Gasteiger charge is -2.11. The minimum atomic E-state index is -3.51. The molecule has 0 amide bonds. The summed E-state index contributed by atoms with van der Waals surface area (Å²) < 4.78 is 25.8. The van der Waals surface area contributed by atoms with Crippen molar-refractivity contribution >= 4 is 43.1 Å². The fourth-order valence-corrected chi connectivity index (χ4v) is 4.58. The van der Waals surface area contributed by atoms with Gasteiger partial charge < -0.3 is 0 Å².